The van der Waals surface area contributed by atoms with Crippen LogP contribution in [0.4, 0.5) is 0 Å². The Hall–Kier alpha value is -0.440. The van der Waals surface area contributed by atoms with Gasteiger partial charge in [-0.3, -0.25) is 4.79 Å². The molecule has 0 radical (unpaired) electrons. The van der Waals surface area contributed by atoms with Crippen molar-refractivity contribution >= 4 is 17.6 Å². The summed E-state index contributed by atoms with van der Waals surface area (Å²) in [6.45, 7) is 1.67. The molecule has 0 saturated heterocycles. The van der Waals surface area contributed by atoms with Gasteiger partial charge in [-0.15, -0.1) is 0 Å². The van der Waals surface area contributed by atoms with Gasteiger partial charge in [-0.25, -0.2) is 0 Å². The smallest absolute Gasteiger partial charge is 0.307 e. The average Bonchev–Trinajstić information content (AvgIpc) is 2.59. The number of aliphatic hydroxyl groups is 5. The summed E-state index contributed by atoms with van der Waals surface area (Å²) in [5.41, 5.74) is 0. The summed E-state index contributed by atoms with van der Waals surface area (Å²) < 4.78 is 4.56. The standard InChI is InChI=1S/C18H35ClO7/c1-13(20)2-3-14(21)4-5-15(22)6-7-16(23)8-9-17(24)10-11-18(25)26-12-19/h13-17,20-24H,2-12H2,1H3. The number of hydrogen-bond donors (Lipinski definition) is 5. The van der Waals surface area contributed by atoms with Gasteiger partial charge in [0.05, 0.1) is 30.5 Å². The fourth-order valence-corrected chi connectivity index (χ4v) is 2.70. The Balaban J connectivity index is 3.73. The fraction of sp³-hybridized carbons (Fsp3) is 0.944. The number of halogens is 1. The van der Waals surface area contributed by atoms with Crippen molar-refractivity contribution in [3.63, 3.8) is 0 Å². The molecule has 0 aromatic carbocycles. The second kappa shape index (κ2) is 15.6. The fourth-order valence-electron chi connectivity index (χ4n) is 2.58. The molecule has 0 aromatic heterocycles. The minimum absolute atomic E-state index is 0.0834. The molecule has 0 amide bonds. The molecule has 0 aromatic rings. The first-order chi connectivity index (χ1) is 12.2. The highest BCUT2D eigenvalue weighted by Gasteiger charge is 2.15. The van der Waals surface area contributed by atoms with Gasteiger partial charge in [-0.1, -0.05) is 11.6 Å². The second-order valence-electron chi connectivity index (χ2n) is 6.94. The topological polar surface area (TPSA) is 127 Å². The van der Waals surface area contributed by atoms with E-state index in [-0.39, 0.29) is 18.9 Å². The largest absolute Gasteiger partial charge is 0.449 e. The molecule has 156 valence electrons. The Morgan fingerprint density at radius 3 is 1.42 bits per heavy atom. The van der Waals surface area contributed by atoms with Crippen molar-refractivity contribution < 1.29 is 35.1 Å². The van der Waals surface area contributed by atoms with Gasteiger partial charge in [0.15, 0.2) is 6.07 Å². The number of carbonyl (C=O) groups excluding carboxylic acids is 1. The predicted molar refractivity (Wildman–Crippen MR) is 98.7 cm³/mol. The summed E-state index contributed by atoms with van der Waals surface area (Å²) in [6.07, 6.45) is 0.960. The highest BCUT2D eigenvalue weighted by atomic mass is 35.5. The maximum Gasteiger partial charge on any atom is 0.307 e. The van der Waals surface area contributed by atoms with Gasteiger partial charge in [-0.05, 0) is 64.7 Å². The number of esters is 1. The highest BCUT2D eigenvalue weighted by molar-refractivity contribution is 6.17. The van der Waals surface area contributed by atoms with Gasteiger partial charge in [-0.2, -0.15) is 0 Å². The lowest BCUT2D eigenvalue weighted by Gasteiger charge is -2.17. The molecule has 0 saturated carbocycles. The normalized spacial score (nSPS) is 17.3. The number of alkyl halides is 1. The lowest BCUT2D eigenvalue weighted by Crippen LogP contribution is -2.18. The van der Waals surface area contributed by atoms with Crippen LogP contribution in [-0.2, 0) is 9.53 Å². The monoisotopic (exact) mass is 398 g/mol. The zero-order chi connectivity index (χ0) is 19.9. The van der Waals surface area contributed by atoms with Crippen LogP contribution >= 0.6 is 11.6 Å². The quantitative estimate of drug-likeness (QED) is 0.196. The van der Waals surface area contributed by atoms with Crippen molar-refractivity contribution in [3.8, 4) is 0 Å². The molecule has 0 aliphatic carbocycles. The molecule has 0 spiro atoms. The zero-order valence-electron chi connectivity index (χ0n) is 15.6. The Bertz CT molecular complexity index is 354. The van der Waals surface area contributed by atoms with E-state index in [1.807, 2.05) is 0 Å². The van der Waals surface area contributed by atoms with E-state index in [9.17, 15) is 25.2 Å². The Morgan fingerprint density at radius 2 is 1.08 bits per heavy atom. The maximum absolute atomic E-state index is 11.1. The van der Waals surface area contributed by atoms with Gasteiger partial charge in [0.1, 0.15) is 0 Å². The van der Waals surface area contributed by atoms with Crippen LogP contribution in [0.5, 0.6) is 0 Å². The molecule has 8 heteroatoms. The molecule has 0 bridgehead atoms. The van der Waals surface area contributed by atoms with E-state index >= 15 is 0 Å². The molecular formula is C18H35ClO7. The van der Waals surface area contributed by atoms with Crippen LogP contribution in [0.25, 0.3) is 0 Å². The molecule has 26 heavy (non-hydrogen) atoms. The lowest BCUT2D eigenvalue weighted by molar-refractivity contribution is -0.142. The molecule has 7 nitrogen and oxygen atoms in total. The van der Waals surface area contributed by atoms with E-state index in [4.69, 9.17) is 16.7 Å². The van der Waals surface area contributed by atoms with Crippen LogP contribution in [0.2, 0.25) is 0 Å². The lowest BCUT2D eigenvalue weighted by atomic mass is 9.98. The van der Waals surface area contributed by atoms with Gasteiger partial charge in [0.2, 0.25) is 0 Å². The molecule has 0 fully saturated rings. The molecule has 5 N–H and O–H groups in total. The SMILES string of the molecule is CC(O)CCC(O)CCC(O)CCC(O)CCC(O)CCC(=O)OCCl. The van der Waals surface area contributed by atoms with Crippen LogP contribution in [0.3, 0.4) is 0 Å². The van der Waals surface area contributed by atoms with E-state index in [0.29, 0.717) is 51.4 Å². The molecule has 0 heterocycles. The van der Waals surface area contributed by atoms with Crippen molar-refractivity contribution in [3.05, 3.63) is 0 Å². The Labute approximate surface area is 160 Å². The summed E-state index contributed by atoms with van der Waals surface area (Å²) in [6, 6.07) is -0.201. The van der Waals surface area contributed by atoms with Gasteiger partial charge >= 0.3 is 5.97 Å². The molecule has 5 unspecified atom stereocenters. The molecule has 5 atom stereocenters. The number of carbonyl (C=O) groups is 1. The molecule has 0 aliphatic heterocycles. The first kappa shape index (κ1) is 25.6. The van der Waals surface area contributed by atoms with E-state index in [1.54, 1.807) is 6.92 Å². The molecule has 0 aliphatic rings. The Kier molecular flexibility index (Phi) is 15.3. The van der Waals surface area contributed by atoms with Crippen molar-refractivity contribution in [2.45, 2.75) is 102 Å². The highest BCUT2D eigenvalue weighted by Crippen LogP contribution is 2.15. The van der Waals surface area contributed by atoms with E-state index in [0.717, 1.165) is 0 Å². The van der Waals surface area contributed by atoms with Gasteiger partial charge in [0, 0.05) is 6.42 Å². The van der Waals surface area contributed by atoms with Crippen LogP contribution in [-0.4, -0.2) is 68.1 Å². The molecular weight excluding hydrogens is 364 g/mol. The third kappa shape index (κ3) is 15.8. The van der Waals surface area contributed by atoms with Crippen LogP contribution in [0.1, 0.15) is 71.1 Å². The number of rotatable bonds is 16. The summed E-state index contributed by atoms with van der Waals surface area (Å²) in [5.74, 6) is -0.460. The van der Waals surface area contributed by atoms with E-state index < -0.39 is 36.5 Å². The number of ether oxygens (including phenoxy) is 1. The zero-order valence-corrected chi connectivity index (χ0v) is 16.4. The second-order valence-corrected chi connectivity index (χ2v) is 7.16. The third-order valence-electron chi connectivity index (χ3n) is 4.31. The van der Waals surface area contributed by atoms with E-state index in [1.165, 1.54) is 0 Å². The van der Waals surface area contributed by atoms with Crippen LogP contribution < -0.4 is 0 Å². The number of aliphatic hydroxyl groups excluding tert-OH is 5. The van der Waals surface area contributed by atoms with Gasteiger partial charge in [0.25, 0.3) is 0 Å². The van der Waals surface area contributed by atoms with Crippen LogP contribution in [0, 0.1) is 0 Å². The third-order valence-corrected chi connectivity index (χ3v) is 4.42. The van der Waals surface area contributed by atoms with Crippen molar-refractivity contribution in [1.82, 2.24) is 0 Å². The van der Waals surface area contributed by atoms with Crippen molar-refractivity contribution in [2.75, 3.05) is 6.07 Å². The summed E-state index contributed by atoms with van der Waals surface area (Å²) in [4.78, 5) is 11.1. The summed E-state index contributed by atoms with van der Waals surface area (Å²) in [5, 5.41) is 48.5. The minimum Gasteiger partial charge on any atom is -0.449 e. The van der Waals surface area contributed by atoms with Crippen molar-refractivity contribution in [2.24, 2.45) is 0 Å². The number of hydrogen-bond acceptors (Lipinski definition) is 7. The summed E-state index contributed by atoms with van der Waals surface area (Å²) in [7, 11) is 0. The summed E-state index contributed by atoms with van der Waals surface area (Å²) >= 11 is 5.26. The Morgan fingerprint density at radius 1 is 0.731 bits per heavy atom. The minimum atomic E-state index is -0.693. The first-order valence-corrected chi connectivity index (χ1v) is 9.89. The van der Waals surface area contributed by atoms with Crippen LogP contribution in [0.15, 0.2) is 0 Å². The maximum atomic E-state index is 11.1. The van der Waals surface area contributed by atoms with Gasteiger partial charge < -0.3 is 30.3 Å². The van der Waals surface area contributed by atoms with E-state index in [2.05, 4.69) is 4.74 Å². The predicted octanol–water partition coefficient (Wildman–Crippen LogP) is 1.45. The molecule has 0 rings (SSSR count). The average molecular weight is 399 g/mol. The first-order valence-electron chi connectivity index (χ1n) is 9.36. The van der Waals surface area contributed by atoms with Crippen molar-refractivity contribution in [1.29, 1.82) is 0 Å².